The predicted octanol–water partition coefficient (Wildman–Crippen LogP) is 4.13. The first-order chi connectivity index (χ1) is 11.0. The zero-order chi connectivity index (χ0) is 17.2. The van der Waals surface area contributed by atoms with Crippen molar-refractivity contribution >= 4 is 7.82 Å². The van der Waals surface area contributed by atoms with Crippen molar-refractivity contribution in [3.63, 3.8) is 0 Å². The Balaban J connectivity index is 0.000000282. The summed E-state index contributed by atoms with van der Waals surface area (Å²) in [6.45, 7) is 0. The molecule has 0 atom stereocenters. The molecule has 0 unspecified atom stereocenters. The van der Waals surface area contributed by atoms with Gasteiger partial charge in [0.2, 0.25) is 0 Å². The summed E-state index contributed by atoms with van der Waals surface area (Å²) in [6, 6.07) is 36.0. The first kappa shape index (κ1) is 20.8. The summed E-state index contributed by atoms with van der Waals surface area (Å²) >= 11 is 0. The topological polar surface area (TPSA) is 77.8 Å². The first-order valence-electron chi connectivity index (χ1n) is 6.78. The lowest BCUT2D eigenvalue weighted by Crippen LogP contribution is -1.66. The summed E-state index contributed by atoms with van der Waals surface area (Å²) in [7, 11) is -4.64. The van der Waals surface area contributed by atoms with E-state index in [4.69, 9.17) is 19.2 Å². The molecule has 3 aromatic carbocycles. The monoisotopic (exact) mass is 332 g/mol. The molecule has 3 N–H and O–H groups in total. The average Bonchev–Trinajstić information content (AvgIpc) is 2.59. The Morgan fingerprint density at radius 2 is 0.391 bits per heavy atom. The van der Waals surface area contributed by atoms with Gasteiger partial charge in [-0.15, -0.1) is 0 Å². The molecule has 0 fully saturated rings. The van der Waals surface area contributed by atoms with Crippen LogP contribution in [0.15, 0.2) is 109 Å². The van der Waals surface area contributed by atoms with Gasteiger partial charge < -0.3 is 14.7 Å². The van der Waals surface area contributed by atoms with Crippen LogP contribution in [-0.2, 0) is 4.57 Å². The molecule has 0 aliphatic rings. The minimum absolute atomic E-state index is 2.00. The van der Waals surface area contributed by atoms with Gasteiger partial charge in [-0.3, -0.25) is 0 Å². The summed E-state index contributed by atoms with van der Waals surface area (Å²) < 4.78 is 8.88. The molecule has 0 aromatic heterocycles. The molecule has 5 heteroatoms. The summed E-state index contributed by atoms with van der Waals surface area (Å²) in [4.78, 5) is 21.6. The summed E-state index contributed by atoms with van der Waals surface area (Å²) in [5, 5.41) is 0. The number of phosphoric acid groups is 1. The van der Waals surface area contributed by atoms with Crippen molar-refractivity contribution in [3.8, 4) is 0 Å². The summed E-state index contributed by atoms with van der Waals surface area (Å²) in [5.41, 5.74) is 0. The van der Waals surface area contributed by atoms with Crippen LogP contribution in [0.3, 0.4) is 0 Å². The molecule has 0 saturated carbocycles. The van der Waals surface area contributed by atoms with Gasteiger partial charge in [0, 0.05) is 0 Å². The van der Waals surface area contributed by atoms with Crippen molar-refractivity contribution in [2.45, 2.75) is 0 Å². The maximum Gasteiger partial charge on any atom is 0.466 e. The highest BCUT2D eigenvalue weighted by Crippen LogP contribution is 2.25. The second-order valence-electron chi connectivity index (χ2n) is 3.98. The van der Waals surface area contributed by atoms with Crippen molar-refractivity contribution in [3.05, 3.63) is 109 Å². The van der Waals surface area contributed by atoms with Gasteiger partial charge in [-0.25, -0.2) is 4.57 Å². The van der Waals surface area contributed by atoms with Crippen LogP contribution in [0, 0.1) is 0 Å². The Hall–Kier alpha value is -2.23. The Kier molecular flexibility index (Phi) is 13.3. The first-order valence-corrected chi connectivity index (χ1v) is 8.35. The molecule has 0 heterocycles. The van der Waals surface area contributed by atoms with E-state index in [-0.39, 0.29) is 0 Å². The van der Waals surface area contributed by atoms with Crippen LogP contribution in [-0.4, -0.2) is 14.7 Å². The van der Waals surface area contributed by atoms with Crippen LogP contribution in [0.2, 0.25) is 0 Å². The molecule has 3 aromatic rings. The van der Waals surface area contributed by atoms with Crippen molar-refractivity contribution in [1.29, 1.82) is 0 Å². The SMILES string of the molecule is O=P(O)(O)O.c1ccccc1.c1ccccc1.c1ccccc1. The van der Waals surface area contributed by atoms with Crippen LogP contribution < -0.4 is 0 Å². The standard InChI is InChI=1S/3C6H6.H3O4P/c3*1-2-4-6-5-3-1;1-5(2,3)4/h3*1-6H;(H3,1,2,3,4). The molecule has 0 bridgehead atoms. The molecular weight excluding hydrogens is 311 g/mol. The van der Waals surface area contributed by atoms with E-state index in [0.29, 0.717) is 0 Å². The second kappa shape index (κ2) is 14.7. The fraction of sp³-hybridized carbons (Fsp3) is 0. The third-order valence-electron chi connectivity index (χ3n) is 2.00. The molecule has 4 nitrogen and oxygen atoms in total. The van der Waals surface area contributed by atoms with E-state index in [0.717, 1.165) is 0 Å². The molecule has 0 amide bonds. The molecule has 0 spiro atoms. The maximum absolute atomic E-state index is 8.88. The van der Waals surface area contributed by atoms with Crippen molar-refractivity contribution in [2.75, 3.05) is 0 Å². The molecule has 0 aliphatic heterocycles. The van der Waals surface area contributed by atoms with Crippen LogP contribution in [0.1, 0.15) is 0 Å². The molecule has 3 rings (SSSR count). The Labute approximate surface area is 136 Å². The van der Waals surface area contributed by atoms with Crippen LogP contribution >= 0.6 is 7.82 Å². The summed E-state index contributed by atoms with van der Waals surface area (Å²) in [6.07, 6.45) is 0. The quantitative estimate of drug-likeness (QED) is 0.541. The highest BCUT2D eigenvalue weighted by molar-refractivity contribution is 7.45. The molecule has 0 saturated heterocycles. The lowest BCUT2D eigenvalue weighted by atomic mass is 10.4. The van der Waals surface area contributed by atoms with Gasteiger partial charge in [0.15, 0.2) is 0 Å². The van der Waals surface area contributed by atoms with E-state index >= 15 is 0 Å². The van der Waals surface area contributed by atoms with Gasteiger partial charge >= 0.3 is 7.82 Å². The fourth-order valence-electron chi connectivity index (χ4n) is 1.15. The predicted molar refractivity (Wildman–Crippen MR) is 93.6 cm³/mol. The van der Waals surface area contributed by atoms with Gasteiger partial charge in [0.05, 0.1) is 0 Å². The lowest BCUT2D eigenvalue weighted by Gasteiger charge is -1.82. The third kappa shape index (κ3) is 25.1. The van der Waals surface area contributed by atoms with Gasteiger partial charge in [-0.05, 0) is 0 Å². The maximum atomic E-state index is 8.88. The van der Waals surface area contributed by atoms with Gasteiger partial charge in [0.25, 0.3) is 0 Å². The van der Waals surface area contributed by atoms with Gasteiger partial charge in [0.1, 0.15) is 0 Å². The van der Waals surface area contributed by atoms with E-state index in [9.17, 15) is 0 Å². The Morgan fingerprint density at radius 3 is 0.435 bits per heavy atom. The van der Waals surface area contributed by atoms with E-state index in [1.54, 1.807) is 0 Å². The summed E-state index contributed by atoms with van der Waals surface area (Å²) in [5.74, 6) is 0. The highest BCUT2D eigenvalue weighted by atomic mass is 31.2. The average molecular weight is 332 g/mol. The highest BCUT2D eigenvalue weighted by Gasteiger charge is 2.00. The Morgan fingerprint density at radius 1 is 0.348 bits per heavy atom. The van der Waals surface area contributed by atoms with Crippen molar-refractivity contribution in [1.82, 2.24) is 0 Å². The molecule has 0 aliphatic carbocycles. The molecule has 23 heavy (non-hydrogen) atoms. The minimum atomic E-state index is -4.64. The minimum Gasteiger partial charge on any atom is -0.303 e. The van der Waals surface area contributed by atoms with E-state index in [1.165, 1.54) is 0 Å². The number of hydrogen-bond acceptors (Lipinski definition) is 1. The van der Waals surface area contributed by atoms with E-state index in [1.807, 2.05) is 109 Å². The lowest BCUT2D eigenvalue weighted by molar-refractivity contribution is 0.275. The van der Waals surface area contributed by atoms with E-state index < -0.39 is 7.82 Å². The normalized spacial score (nSPS) is 8.83. The molecular formula is C18H21O4P. The smallest absolute Gasteiger partial charge is 0.303 e. The van der Waals surface area contributed by atoms with Crippen molar-refractivity contribution in [2.24, 2.45) is 0 Å². The van der Waals surface area contributed by atoms with Gasteiger partial charge in [-0.2, -0.15) is 0 Å². The Bertz CT molecular complexity index is 434. The number of rotatable bonds is 0. The number of benzene rings is 3. The van der Waals surface area contributed by atoms with Crippen molar-refractivity contribution < 1.29 is 19.2 Å². The largest absolute Gasteiger partial charge is 0.466 e. The molecule has 122 valence electrons. The number of hydrogen-bond donors (Lipinski definition) is 3. The third-order valence-corrected chi connectivity index (χ3v) is 2.00. The van der Waals surface area contributed by atoms with Gasteiger partial charge in [-0.1, -0.05) is 109 Å². The van der Waals surface area contributed by atoms with E-state index in [2.05, 4.69) is 0 Å². The van der Waals surface area contributed by atoms with Crippen LogP contribution in [0.25, 0.3) is 0 Å². The zero-order valence-electron chi connectivity index (χ0n) is 12.6. The second-order valence-corrected chi connectivity index (χ2v) is 5.00. The molecule has 0 radical (unpaired) electrons. The fourth-order valence-corrected chi connectivity index (χ4v) is 1.15. The van der Waals surface area contributed by atoms with Crippen LogP contribution in [0.4, 0.5) is 0 Å². The van der Waals surface area contributed by atoms with Crippen LogP contribution in [0.5, 0.6) is 0 Å². The zero-order valence-corrected chi connectivity index (χ0v) is 13.5.